The standard InChI is InChI=1S/C17H24N4O2.ClH/c18-16(22)14-5-4-13(20-17(23)12-6-7-19-11-12)10-15(14)21-8-2-1-3-9-21;/h4-5,10,12,19H,1-3,6-9,11H2,(H2,18,22)(H,20,23);1H. The number of nitrogens with zero attached hydrogens (tertiary/aromatic N) is 1. The molecule has 1 aromatic rings. The number of carbonyl (C=O) groups excluding carboxylic acids is 2. The van der Waals surface area contributed by atoms with Gasteiger partial charge < -0.3 is 21.3 Å². The van der Waals surface area contributed by atoms with Gasteiger partial charge in [-0.1, -0.05) is 0 Å². The monoisotopic (exact) mass is 352 g/mol. The minimum atomic E-state index is -0.427. The van der Waals surface area contributed by atoms with Crippen LogP contribution in [-0.4, -0.2) is 38.0 Å². The van der Waals surface area contributed by atoms with Crippen molar-refractivity contribution in [1.82, 2.24) is 5.32 Å². The zero-order valence-electron chi connectivity index (χ0n) is 13.7. The molecule has 2 heterocycles. The van der Waals surface area contributed by atoms with E-state index >= 15 is 0 Å². The molecule has 0 aromatic heterocycles. The summed E-state index contributed by atoms with van der Waals surface area (Å²) in [7, 11) is 0. The summed E-state index contributed by atoms with van der Waals surface area (Å²) in [4.78, 5) is 26.2. The van der Waals surface area contributed by atoms with E-state index in [1.54, 1.807) is 12.1 Å². The molecule has 2 saturated heterocycles. The first kappa shape index (κ1) is 18.5. The van der Waals surface area contributed by atoms with E-state index in [1.807, 2.05) is 6.07 Å². The predicted octanol–water partition coefficient (Wildman–Crippen LogP) is 1.75. The molecule has 0 saturated carbocycles. The Hall–Kier alpha value is -1.79. The number of carbonyl (C=O) groups is 2. The second-order valence-corrected chi connectivity index (χ2v) is 6.32. The average Bonchev–Trinajstić information content (AvgIpc) is 3.10. The molecule has 2 aliphatic rings. The minimum absolute atomic E-state index is 0. The second kappa shape index (κ2) is 8.35. The summed E-state index contributed by atoms with van der Waals surface area (Å²) in [5.74, 6) is -0.376. The van der Waals surface area contributed by atoms with Crippen molar-refractivity contribution >= 4 is 35.6 Å². The average molecular weight is 353 g/mol. The molecule has 2 aliphatic heterocycles. The zero-order valence-corrected chi connectivity index (χ0v) is 14.5. The molecule has 7 heteroatoms. The summed E-state index contributed by atoms with van der Waals surface area (Å²) in [5.41, 5.74) is 7.59. The first-order valence-corrected chi connectivity index (χ1v) is 8.35. The van der Waals surface area contributed by atoms with Gasteiger partial charge in [-0.2, -0.15) is 0 Å². The quantitative estimate of drug-likeness (QED) is 0.770. The Morgan fingerprint density at radius 1 is 1.21 bits per heavy atom. The third-order valence-electron chi connectivity index (χ3n) is 4.66. The van der Waals surface area contributed by atoms with E-state index in [9.17, 15) is 9.59 Å². The molecular formula is C17H25ClN4O2. The van der Waals surface area contributed by atoms with Crippen molar-refractivity contribution in [3.05, 3.63) is 23.8 Å². The molecule has 1 aromatic carbocycles. The summed E-state index contributed by atoms with van der Waals surface area (Å²) >= 11 is 0. The summed E-state index contributed by atoms with van der Waals surface area (Å²) in [6.07, 6.45) is 4.31. The van der Waals surface area contributed by atoms with Gasteiger partial charge in [-0.25, -0.2) is 0 Å². The maximum Gasteiger partial charge on any atom is 0.250 e. The maximum atomic E-state index is 12.3. The third-order valence-corrected chi connectivity index (χ3v) is 4.66. The van der Waals surface area contributed by atoms with E-state index in [4.69, 9.17) is 5.73 Å². The summed E-state index contributed by atoms with van der Waals surface area (Å²) < 4.78 is 0. The van der Waals surface area contributed by atoms with Crippen molar-refractivity contribution in [2.45, 2.75) is 25.7 Å². The van der Waals surface area contributed by atoms with Crippen LogP contribution in [0.1, 0.15) is 36.0 Å². The predicted molar refractivity (Wildman–Crippen MR) is 97.9 cm³/mol. The lowest BCUT2D eigenvalue weighted by Gasteiger charge is -2.30. The van der Waals surface area contributed by atoms with Crippen molar-refractivity contribution in [3.8, 4) is 0 Å². The van der Waals surface area contributed by atoms with Gasteiger partial charge in [-0.05, 0) is 50.4 Å². The molecule has 6 nitrogen and oxygen atoms in total. The van der Waals surface area contributed by atoms with Crippen molar-refractivity contribution in [1.29, 1.82) is 0 Å². The van der Waals surface area contributed by atoms with Gasteiger partial charge >= 0.3 is 0 Å². The van der Waals surface area contributed by atoms with Gasteiger partial charge in [-0.3, -0.25) is 9.59 Å². The SMILES string of the molecule is Cl.NC(=O)c1ccc(NC(=O)C2CCNC2)cc1N1CCCCC1. The van der Waals surface area contributed by atoms with Gasteiger partial charge in [0.25, 0.3) is 5.91 Å². The minimum Gasteiger partial charge on any atom is -0.371 e. The number of piperidine rings is 1. The van der Waals surface area contributed by atoms with E-state index in [1.165, 1.54) is 6.42 Å². The van der Waals surface area contributed by atoms with Crippen LogP contribution >= 0.6 is 12.4 Å². The van der Waals surface area contributed by atoms with E-state index in [0.717, 1.165) is 56.8 Å². The fraction of sp³-hybridized carbons (Fsp3) is 0.529. The lowest BCUT2D eigenvalue weighted by atomic mass is 10.1. The molecule has 3 rings (SSSR count). The van der Waals surface area contributed by atoms with Crippen molar-refractivity contribution in [2.75, 3.05) is 36.4 Å². The molecular weight excluding hydrogens is 328 g/mol. The van der Waals surface area contributed by atoms with E-state index in [-0.39, 0.29) is 24.2 Å². The van der Waals surface area contributed by atoms with Crippen LogP contribution in [0.5, 0.6) is 0 Å². The Morgan fingerprint density at radius 2 is 1.96 bits per heavy atom. The highest BCUT2D eigenvalue weighted by atomic mass is 35.5. The zero-order chi connectivity index (χ0) is 16.2. The molecule has 1 atom stereocenters. The van der Waals surface area contributed by atoms with Crippen LogP contribution in [0.4, 0.5) is 11.4 Å². The smallest absolute Gasteiger partial charge is 0.250 e. The van der Waals surface area contributed by atoms with Gasteiger partial charge in [0.1, 0.15) is 0 Å². The number of nitrogens with two attached hydrogens (primary N) is 1. The van der Waals surface area contributed by atoms with Crippen LogP contribution in [-0.2, 0) is 4.79 Å². The number of anilines is 2. The van der Waals surface area contributed by atoms with Crippen LogP contribution in [0.2, 0.25) is 0 Å². The Bertz CT molecular complexity index is 596. The van der Waals surface area contributed by atoms with E-state index in [2.05, 4.69) is 15.5 Å². The first-order valence-electron chi connectivity index (χ1n) is 8.35. The number of benzene rings is 1. The molecule has 1 unspecified atom stereocenters. The van der Waals surface area contributed by atoms with Gasteiger partial charge in [0.15, 0.2) is 0 Å². The molecule has 0 radical (unpaired) electrons. The lowest BCUT2D eigenvalue weighted by molar-refractivity contribution is -0.119. The van der Waals surface area contributed by atoms with Gasteiger partial charge in [0.2, 0.25) is 5.91 Å². The number of halogens is 1. The molecule has 0 spiro atoms. The van der Waals surface area contributed by atoms with Crippen LogP contribution in [0, 0.1) is 5.92 Å². The Morgan fingerprint density at radius 3 is 2.58 bits per heavy atom. The Balaban J connectivity index is 0.00000208. The summed E-state index contributed by atoms with van der Waals surface area (Å²) in [5, 5.41) is 6.17. The van der Waals surface area contributed by atoms with E-state index in [0.29, 0.717) is 5.56 Å². The molecule has 0 aliphatic carbocycles. The van der Waals surface area contributed by atoms with Gasteiger partial charge in [-0.15, -0.1) is 12.4 Å². The normalized spacial score (nSPS) is 20.3. The van der Waals surface area contributed by atoms with Gasteiger partial charge in [0, 0.05) is 25.3 Å². The van der Waals surface area contributed by atoms with E-state index < -0.39 is 5.91 Å². The lowest BCUT2D eigenvalue weighted by Crippen LogP contribution is -2.32. The summed E-state index contributed by atoms with van der Waals surface area (Å²) in [6, 6.07) is 5.36. The second-order valence-electron chi connectivity index (χ2n) is 6.32. The molecule has 4 N–H and O–H groups in total. The fourth-order valence-corrected chi connectivity index (χ4v) is 3.34. The highest BCUT2D eigenvalue weighted by Crippen LogP contribution is 2.28. The number of primary amides is 1. The van der Waals surface area contributed by atoms with Crippen molar-refractivity contribution < 1.29 is 9.59 Å². The molecule has 132 valence electrons. The van der Waals surface area contributed by atoms with Crippen molar-refractivity contribution in [2.24, 2.45) is 11.7 Å². The molecule has 24 heavy (non-hydrogen) atoms. The molecule has 0 bridgehead atoms. The maximum absolute atomic E-state index is 12.3. The Kier molecular flexibility index (Phi) is 6.45. The summed E-state index contributed by atoms with van der Waals surface area (Å²) in [6.45, 7) is 3.45. The third kappa shape index (κ3) is 4.19. The molecule has 2 amide bonds. The fourth-order valence-electron chi connectivity index (χ4n) is 3.34. The van der Waals surface area contributed by atoms with Crippen LogP contribution in [0.3, 0.4) is 0 Å². The highest BCUT2D eigenvalue weighted by Gasteiger charge is 2.23. The molecule has 2 fully saturated rings. The first-order chi connectivity index (χ1) is 11.1. The topological polar surface area (TPSA) is 87.5 Å². The number of hydrogen-bond donors (Lipinski definition) is 3. The number of hydrogen-bond acceptors (Lipinski definition) is 4. The number of nitrogens with one attached hydrogen (secondary N) is 2. The Labute approximate surface area is 148 Å². The highest BCUT2D eigenvalue weighted by molar-refractivity contribution is 6.01. The number of amides is 2. The number of rotatable bonds is 4. The van der Waals surface area contributed by atoms with Crippen molar-refractivity contribution in [3.63, 3.8) is 0 Å². The van der Waals surface area contributed by atoms with Crippen LogP contribution in [0.25, 0.3) is 0 Å². The largest absolute Gasteiger partial charge is 0.371 e. The van der Waals surface area contributed by atoms with Crippen LogP contribution < -0.4 is 21.3 Å². The van der Waals surface area contributed by atoms with Gasteiger partial charge in [0.05, 0.1) is 17.2 Å². The van der Waals surface area contributed by atoms with Crippen LogP contribution in [0.15, 0.2) is 18.2 Å².